The maximum absolute atomic E-state index is 13.1. The molecule has 110 valence electrons. The maximum atomic E-state index is 13.1. The molecule has 2 aromatic heterocycles. The fourth-order valence-corrected chi connectivity index (χ4v) is 2.60. The second-order valence-corrected chi connectivity index (χ2v) is 4.90. The van der Waals surface area contributed by atoms with Crippen molar-refractivity contribution in [3.8, 4) is 11.4 Å². The predicted octanol–water partition coefficient (Wildman–Crippen LogP) is 3.18. The lowest BCUT2D eigenvalue weighted by molar-refractivity contribution is -0.136. The molecule has 0 atom stereocenters. The number of rotatable bonds is 1. The van der Waals surface area contributed by atoms with Crippen LogP contribution < -0.4 is 5.73 Å². The van der Waals surface area contributed by atoms with Crippen LogP contribution in [0.2, 0.25) is 0 Å². The van der Waals surface area contributed by atoms with Crippen LogP contribution in [0.15, 0.2) is 30.5 Å². The van der Waals surface area contributed by atoms with E-state index in [1.807, 2.05) is 0 Å². The first-order valence-electron chi connectivity index (χ1n) is 6.24. The minimum absolute atomic E-state index is 0.156. The number of alkyl halides is 3. The van der Waals surface area contributed by atoms with Crippen LogP contribution in [-0.2, 0) is 20.3 Å². The molecule has 3 aromatic rings. The topological polar surface area (TPSA) is 48.8 Å². The highest BCUT2D eigenvalue weighted by Gasteiger charge is 2.33. The highest BCUT2D eigenvalue weighted by atomic mass is 19.4. The van der Waals surface area contributed by atoms with Gasteiger partial charge in [0.2, 0.25) is 0 Å². The van der Waals surface area contributed by atoms with Crippen LogP contribution in [0.1, 0.15) is 5.56 Å². The first-order chi connectivity index (χ1) is 9.80. The summed E-state index contributed by atoms with van der Waals surface area (Å²) < 4.78 is 42.6. The molecule has 0 spiro atoms. The average molecular weight is 294 g/mol. The van der Waals surface area contributed by atoms with Crippen LogP contribution in [0.4, 0.5) is 18.9 Å². The van der Waals surface area contributed by atoms with Crippen molar-refractivity contribution in [1.29, 1.82) is 0 Å². The van der Waals surface area contributed by atoms with E-state index >= 15 is 0 Å². The SMILES string of the molecule is Cn1ncc(N)c1-c1cc2c(C(F)(F)F)cccc2n1C. The highest BCUT2D eigenvalue weighted by molar-refractivity contribution is 5.91. The first-order valence-corrected chi connectivity index (χ1v) is 6.24. The van der Waals surface area contributed by atoms with E-state index in [1.165, 1.54) is 18.3 Å². The van der Waals surface area contributed by atoms with Crippen LogP contribution in [0.3, 0.4) is 0 Å². The summed E-state index contributed by atoms with van der Waals surface area (Å²) in [6.45, 7) is 0. The normalized spacial score (nSPS) is 12.2. The molecular weight excluding hydrogens is 281 g/mol. The fraction of sp³-hybridized carbons (Fsp3) is 0.214. The average Bonchev–Trinajstić information content (AvgIpc) is 2.89. The quantitative estimate of drug-likeness (QED) is 0.749. The van der Waals surface area contributed by atoms with E-state index in [-0.39, 0.29) is 5.39 Å². The summed E-state index contributed by atoms with van der Waals surface area (Å²) in [6.07, 6.45) is -2.91. The third-order valence-electron chi connectivity index (χ3n) is 3.60. The summed E-state index contributed by atoms with van der Waals surface area (Å²) >= 11 is 0. The van der Waals surface area contributed by atoms with E-state index < -0.39 is 11.7 Å². The first kappa shape index (κ1) is 13.5. The molecule has 0 bridgehead atoms. The van der Waals surface area contributed by atoms with E-state index in [0.29, 0.717) is 22.6 Å². The maximum Gasteiger partial charge on any atom is 0.417 e. The number of benzene rings is 1. The van der Waals surface area contributed by atoms with Crippen molar-refractivity contribution < 1.29 is 13.2 Å². The lowest BCUT2D eigenvalue weighted by Crippen LogP contribution is -2.05. The van der Waals surface area contributed by atoms with E-state index in [4.69, 9.17) is 5.73 Å². The Morgan fingerprint density at radius 2 is 1.90 bits per heavy atom. The minimum atomic E-state index is -4.39. The number of nitrogens with two attached hydrogens (primary N) is 1. The zero-order chi connectivity index (χ0) is 15.4. The molecule has 0 amide bonds. The highest BCUT2D eigenvalue weighted by Crippen LogP contribution is 2.38. The number of halogens is 3. The molecule has 0 fully saturated rings. The Labute approximate surface area is 118 Å². The Morgan fingerprint density at radius 1 is 1.19 bits per heavy atom. The molecule has 0 saturated carbocycles. The number of hydrogen-bond acceptors (Lipinski definition) is 2. The number of nitrogens with zero attached hydrogens (tertiary/aromatic N) is 3. The monoisotopic (exact) mass is 294 g/mol. The van der Waals surface area contributed by atoms with Crippen molar-refractivity contribution in [2.45, 2.75) is 6.18 Å². The number of fused-ring (bicyclic) bond motifs is 1. The molecule has 3 rings (SSSR count). The van der Waals surface area contributed by atoms with Crippen molar-refractivity contribution in [3.63, 3.8) is 0 Å². The molecule has 0 aliphatic heterocycles. The molecule has 0 radical (unpaired) electrons. The van der Waals surface area contributed by atoms with Gasteiger partial charge in [-0.3, -0.25) is 4.68 Å². The number of hydrogen-bond donors (Lipinski definition) is 1. The van der Waals surface area contributed by atoms with Gasteiger partial charge in [-0.15, -0.1) is 0 Å². The summed E-state index contributed by atoms with van der Waals surface area (Å²) in [4.78, 5) is 0. The van der Waals surface area contributed by atoms with Gasteiger partial charge in [0.1, 0.15) is 5.69 Å². The summed E-state index contributed by atoms with van der Waals surface area (Å²) in [5.74, 6) is 0. The molecule has 1 aromatic carbocycles. The Bertz CT molecular complexity index is 807. The third kappa shape index (κ3) is 1.96. The van der Waals surface area contributed by atoms with Gasteiger partial charge >= 0.3 is 6.18 Å². The standard InChI is InChI=1S/C14H13F3N4/c1-20-11-5-3-4-9(14(15,16)17)8(11)6-12(20)13-10(18)7-19-21(13)2/h3-7H,18H2,1-2H3. The third-order valence-corrected chi connectivity index (χ3v) is 3.60. The second kappa shape index (κ2) is 4.28. The predicted molar refractivity (Wildman–Crippen MR) is 74.5 cm³/mol. The zero-order valence-corrected chi connectivity index (χ0v) is 11.4. The Hall–Kier alpha value is -2.44. The van der Waals surface area contributed by atoms with Crippen molar-refractivity contribution >= 4 is 16.6 Å². The van der Waals surface area contributed by atoms with Crippen molar-refractivity contribution in [3.05, 3.63) is 36.0 Å². The fourth-order valence-electron chi connectivity index (χ4n) is 2.60. The van der Waals surface area contributed by atoms with Crippen LogP contribution >= 0.6 is 0 Å². The van der Waals surface area contributed by atoms with E-state index in [1.54, 1.807) is 29.4 Å². The van der Waals surface area contributed by atoms with Gasteiger partial charge in [0.15, 0.2) is 0 Å². The molecule has 4 nitrogen and oxygen atoms in total. The van der Waals surface area contributed by atoms with Gasteiger partial charge in [-0.25, -0.2) is 0 Å². The number of anilines is 1. The summed E-state index contributed by atoms with van der Waals surface area (Å²) in [5.41, 5.74) is 7.34. The Kier molecular flexibility index (Phi) is 2.76. The summed E-state index contributed by atoms with van der Waals surface area (Å²) in [6, 6.07) is 5.65. The van der Waals surface area contributed by atoms with Gasteiger partial charge in [0.25, 0.3) is 0 Å². The smallest absolute Gasteiger partial charge is 0.396 e. The molecule has 2 heterocycles. The van der Waals surface area contributed by atoms with Crippen molar-refractivity contribution in [2.75, 3.05) is 5.73 Å². The van der Waals surface area contributed by atoms with Gasteiger partial charge in [0, 0.05) is 25.0 Å². The van der Waals surface area contributed by atoms with E-state index in [0.717, 1.165) is 6.07 Å². The lowest BCUT2D eigenvalue weighted by Gasteiger charge is -2.08. The minimum Gasteiger partial charge on any atom is -0.396 e. The Balaban J connectivity index is 2.35. The van der Waals surface area contributed by atoms with Gasteiger partial charge in [-0.2, -0.15) is 18.3 Å². The zero-order valence-electron chi connectivity index (χ0n) is 11.4. The van der Waals surface area contributed by atoms with Crippen LogP contribution in [0.5, 0.6) is 0 Å². The molecule has 0 unspecified atom stereocenters. The van der Waals surface area contributed by atoms with Crippen molar-refractivity contribution in [2.24, 2.45) is 14.1 Å². The summed E-state index contributed by atoms with van der Waals surface area (Å²) in [7, 11) is 3.41. The summed E-state index contributed by atoms with van der Waals surface area (Å²) in [5, 5.41) is 4.19. The van der Waals surface area contributed by atoms with Crippen LogP contribution in [0, 0.1) is 0 Å². The lowest BCUT2D eigenvalue weighted by atomic mass is 10.1. The molecule has 0 aliphatic carbocycles. The van der Waals surface area contributed by atoms with Gasteiger partial charge in [-0.1, -0.05) is 6.07 Å². The second-order valence-electron chi connectivity index (χ2n) is 4.90. The molecule has 21 heavy (non-hydrogen) atoms. The number of aromatic nitrogens is 3. The van der Waals surface area contributed by atoms with E-state index in [2.05, 4.69) is 5.10 Å². The van der Waals surface area contributed by atoms with Gasteiger partial charge in [0.05, 0.1) is 23.1 Å². The molecule has 0 aliphatic rings. The van der Waals surface area contributed by atoms with Crippen LogP contribution in [-0.4, -0.2) is 14.3 Å². The molecule has 2 N–H and O–H groups in total. The largest absolute Gasteiger partial charge is 0.417 e. The van der Waals surface area contributed by atoms with Gasteiger partial charge < -0.3 is 10.3 Å². The molecule has 7 heteroatoms. The van der Waals surface area contributed by atoms with Crippen LogP contribution in [0.25, 0.3) is 22.3 Å². The molecule has 0 saturated heterocycles. The number of nitrogen functional groups attached to an aromatic ring is 1. The number of aryl methyl sites for hydroxylation is 2. The molecular formula is C14H13F3N4. The Morgan fingerprint density at radius 3 is 2.48 bits per heavy atom. The van der Waals surface area contributed by atoms with Crippen molar-refractivity contribution in [1.82, 2.24) is 14.3 Å². The van der Waals surface area contributed by atoms with E-state index in [9.17, 15) is 13.2 Å². The van der Waals surface area contributed by atoms with Gasteiger partial charge in [-0.05, 0) is 18.2 Å².